The zero-order valence-electron chi connectivity index (χ0n) is 14.6. The van der Waals surface area contributed by atoms with Crippen molar-refractivity contribution < 1.29 is 34.7 Å². The number of carboxylic acids is 1. The molecule has 6 nitrogen and oxygen atoms in total. The van der Waals surface area contributed by atoms with Crippen LogP contribution in [0.15, 0.2) is 48.8 Å². The third-order valence-corrected chi connectivity index (χ3v) is 3.22. The molecule has 26 heavy (non-hydrogen) atoms. The molecule has 0 saturated carbocycles. The average Bonchev–Trinajstić information content (AvgIpc) is 2.63. The van der Waals surface area contributed by atoms with Crippen LogP contribution in [0, 0.1) is 19.9 Å². The summed E-state index contributed by atoms with van der Waals surface area (Å²) in [6, 6.07) is 13.5. The topological polar surface area (TPSA) is 85.2 Å². The fourth-order valence-corrected chi connectivity index (χ4v) is 2.06. The van der Waals surface area contributed by atoms with Crippen LogP contribution in [-0.4, -0.2) is 33.1 Å². The quantitative estimate of drug-likeness (QED) is 0.525. The largest absolute Gasteiger partial charge is 0.516 e. The van der Waals surface area contributed by atoms with Gasteiger partial charge in [0.1, 0.15) is 5.69 Å². The summed E-state index contributed by atoms with van der Waals surface area (Å²) in [5.41, 5.74) is 3.67. The Kier molecular flexibility index (Phi) is 8.55. The average molecular weight is 529 g/mol. The molecule has 0 spiro atoms. The van der Waals surface area contributed by atoms with E-state index in [1.165, 1.54) is 12.3 Å². The van der Waals surface area contributed by atoms with Crippen molar-refractivity contribution in [2.45, 2.75) is 13.8 Å². The van der Waals surface area contributed by atoms with Gasteiger partial charge in [0, 0.05) is 49.6 Å². The van der Waals surface area contributed by atoms with E-state index in [0.717, 1.165) is 28.4 Å². The van der Waals surface area contributed by atoms with E-state index < -0.39 is 5.97 Å². The number of methoxy groups -OCH3 is 1. The van der Waals surface area contributed by atoms with Crippen LogP contribution in [0.25, 0.3) is 11.3 Å². The zero-order valence-corrected chi connectivity index (χ0v) is 17.0. The maximum atomic E-state index is 10.1. The van der Waals surface area contributed by atoms with Crippen LogP contribution < -0.4 is 4.74 Å². The Morgan fingerprint density at radius 1 is 1.19 bits per heavy atom. The Labute approximate surface area is 165 Å². The van der Waals surface area contributed by atoms with Crippen molar-refractivity contribution in [1.82, 2.24) is 15.0 Å². The summed E-state index contributed by atoms with van der Waals surface area (Å²) in [6.45, 7) is 3.88. The van der Waals surface area contributed by atoms with Gasteiger partial charge in [0.05, 0.1) is 12.8 Å². The Hall–Kier alpha value is -2.63. The summed E-state index contributed by atoms with van der Waals surface area (Å²) >= 11 is 0. The minimum atomic E-state index is -0.990. The number of rotatable bonds is 3. The van der Waals surface area contributed by atoms with Crippen LogP contribution in [0.4, 0.5) is 0 Å². The fraction of sp³-hybridized carbons (Fsp3) is 0.158. The second-order valence-corrected chi connectivity index (χ2v) is 5.11. The van der Waals surface area contributed by atoms with Gasteiger partial charge in [-0.2, -0.15) is 0 Å². The van der Waals surface area contributed by atoms with E-state index in [-0.39, 0.29) is 25.8 Å². The van der Waals surface area contributed by atoms with Crippen molar-refractivity contribution in [3.63, 3.8) is 0 Å². The molecule has 1 N–H and O–H groups in total. The maximum absolute atomic E-state index is 10.1. The molecule has 137 valence electrons. The second kappa shape index (κ2) is 10.4. The monoisotopic (exact) mass is 529 g/mol. The molecule has 3 aromatic rings. The van der Waals surface area contributed by atoms with Gasteiger partial charge in [-0.1, -0.05) is 6.07 Å². The van der Waals surface area contributed by atoms with Crippen molar-refractivity contribution in [2.75, 3.05) is 7.11 Å². The van der Waals surface area contributed by atoms with E-state index in [1.54, 1.807) is 25.4 Å². The van der Waals surface area contributed by atoms with Gasteiger partial charge in [-0.3, -0.25) is 4.98 Å². The first-order valence-corrected chi connectivity index (χ1v) is 7.52. The van der Waals surface area contributed by atoms with E-state index in [9.17, 15) is 4.79 Å². The van der Waals surface area contributed by atoms with Crippen LogP contribution in [0.1, 0.15) is 21.9 Å². The van der Waals surface area contributed by atoms with Gasteiger partial charge in [0.25, 0.3) is 0 Å². The number of benzene rings is 1. The normalized spacial score (nSPS) is 9.35. The van der Waals surface area contributed by atoms with E-state index in [1.807, 2.05) is 32.0 Å². The zero-order chi connectivity index (χ0) is 18.2. The number of pyridine rings is 1. The van der Waals surface area contributed by atoms with Gasteiger partial charge in [0.15, 0.2) is 0 Å². The maximum Gasteiger partial charge on any atom is 0.354 e. The minimum absolute atomic E-state index is 0. The number of aromatic nitrogens is 3. The van der Waals surface area contributed by atoms with Crippen molar-refractivity contribution in [3.8, 4) is 17.0 Å². The Morgan fingerprint density at radius 3 is 2.50 bits per heavy atom. The molecule has 0 unspecified atom stereocenters. The summed E-state index contributed by atoms with van der Waals surface area (Å²) in [7, 11) is 1.65. The number of aryl methyl sites for hydroxylation is 2. The fourth-order valence-electron chi connectivity index (χ4n) is 2.06. The Morgan fingerprint density at radius 2 is 1.96 bits per heavy atom. The van der Waals surface area contributed by atoms with Gasteiger partial charge >= 0.3 is 5.97 Å². The summed E-state index contributed by atoms with van der Waals surface area (Å²) in [5, 5.41) is 8.32. The summed E-state index contributed by atoms with van der Waals surface area (Å²) in [6.07, 6.45) is 3.21. The second-order valence-electron chi connectivity index (χ2n) is 5.11. The number of carbonyl (C=O) groups is 1. The third-order valence-electron chi connectivity index (χ3n) is 3.22. The van der Waals surface area contributed by atoms with Crippen LogP contribution >= 0.6 is 0 Å². The van der Waals surface area contributed by atoms with Gasteiger partial charge in [-0.25, -0.2) is 9.78 Å². The Bertz CT molecular complexity index is 858. The molecule has 3 rings (SSSR count). The molecule has 2 aromatic heterocycles. The van der Waals surface area contributed by atoms with Crippen LogP contribution in [0.5, 0.6) is 5.75 Å². The molecular weight excluding hydrogens is 510 g/mol. The molecule has 0 aliphatic carbocycles. The van der Waals surface area contributed by atoms with E-state index >= 15 is 0 Å². The third kappa shape index (κ3) is 6.02. The molecule has 1 aromatic carbocycles. The molecule has 0 bridgehead atoms. The molecule has 0 fully saturated rings. The predicted molar refractivity (Wildman–Crippen MR) is 93.5 cm³/mol. The number of carboxylic acid groups (broad SMARTS) is 1. The molecular formula is C19H18IrN3O3-. The first-order valence-electron chi connectivity index (χ1n) is 7.52. The van der Waals surface area contributed by atoms with Gasteiger partial charge in [-0.15, -0.1) is 29.8 Å². The van der Waals surface area contributed by atoms with E-state index in [4.69, 9.17) is 9.84 Å². The molecule has 1 radical (unpaired) electrons. The van der Waals surface area contributed by atoms with Crippen molar-refractivity contribution in [1.29, 1.82) is 0 Å². The first-order chi connectivity index (χ1) is 12.0. The number of nitrogens with zero attached hydrogens (tertiary/aromatic N) is 3. The molecule has 7 heteroatoms. The van der Waals surface area contributed by atoms with Gasteiger partial charge in [0.2, 0.25) is 0 Å². The number of ether oxygens (including phenoxy) is 1. The molecule has 2 heterocycles. The number of hydrogen-bond acceptors (Lipinski definition) is 5. The van der Waals surface area contributed by atoms with Gasteiger partial charge < -0.3 is 14.8 Å². The van der Waals surface area contributed by atoms with Crippen molar-refractivity contribution in [2.24, 2.45) is 0 Å². The Balaban J connectivity index is 0.000000290. The standard InChI is InChI=1S/C13H13N2O.C6H5NO2.Ir/c1-9-8-14-13(10(2)15-9)11-5-4-6-12(7-11)16-3;8-6(9)5-3-1-2-4-7-5;/h4,6-8H,1-3H3;1-4H,(H,8,9);/q-1;;. The molecule has 0 aliphatic heterocycles. The minimum Gasteiger partial charge on any atom is -0.516 e. The van der Waals surface area contributed by atoms with Crippen LogP contribution in [0.3, 0.4) is 0 Å². The van der Waals surface area contributed by atoms with Crippen LogP contribution in [0.2, 0.25) is 0 Å². The molecule has 0 saturated heterocycles. The number of aromatic carboxylic acids is 1. The number of hydrogen-bond donors (Lipinski definition) is 1. The molecule has 0 atom stereocenters. The van der Waals surface area contributed by atoms with Crippen molar-refractivity contribution in [3.05, 3.63) is 71.9 Å². The first kappa shape index (κ1) is 21.4. The van der Waals surface area contributed by atoms with E-state index in [0.29, 0.717) is 0 Å². The van der Waals surface area contributed by atoms with Gasteiger partial charge in [-0.05, 0) is 26.0 Å². The molecule has 0 amide bonds. The predicted octanol–water partition coefficient (Wildman–Crippen LogP) is 3.35. The molecule has 0 aliphatic rings. The smallest absolute Gasteiger partial charge is 0.354 e. The summed E-state index contributed by atoms with van der Waals surface area (Å²) in [4.78, 5) is 22.5. The summed E-state index contributed by atoms with van der Waals surface area (Å²) in [5.74, 6) is -0.189. The summed E-state index contributed by atoms with van der Waals surface area (Å²) < 4.78 is 5.17. The SMILES string of the molecule is COc1cc[c-]c(-c2ncc(C)nc2C)c1.O=C(O)c1ccccn1.[Ir]. The van der Waals surface area contributed by atoms with Crippen LogP contribution in [-0.2, 0) is 20.1 Å². The van der Waals surface area contributed by atoms with E-state index in [2.05, 4.69) is 21.0 Å². The van der Waals surface area contributed by atoms with Crippen molar-refractivity contribution >= 4 is 5.97 Å².